The number of hydrogen-bond donors (Lipinski definition) is 0. The summed E-state index contributed by atoms with van der Waals surface area (Å²) in [5.41, 5.74) is 0. The first-order valence-electron chi connectivity index (χ1n) is 4.87. The first kappa shape index (κ1) is 11.1. The highest BCUT2D eigenvalue weighted by Crippen LogP contribution is 2.13. The van der Waals surface area contributed by atoms with Crippen LogP contribution in [0.2, 0.25) is 0 Å². The van der Waals surface area contributed by atoms with Crippen LogP contribution in [0.3, 0.4) is 0 Å². The number of ether oxygens (including phenoxy) is 1. The zero-order valence-electron chi connectivity index (χ0n) is 9.11. The Morgan fingerprint density at radius 3 is 2.88 bits per heavy atom. The molecule has 2 aromatic heterocycles. The van der Waals surface area contributed by atoms with Gasteiger partial charge in [-0.1, -0.05) is 6.07 Å². The van der Waals surface area contributed by atoms with Gasteiger partial charge in [0.05, 0.1) is 7.05 Å². The summed E-state index contributed by atoms with van der Waals surface area (Å²) in [6, 6.07) is 5.28. The number of hydrogen-bond acceptors (Lipinski definition) is 5. The normalized spacial score (nSPS) is 10.2. The monoisotopic (exact) mass is 234 g/mol. The van der Waals surface area contributed by atoms with Crippen molar-refractivity contribution in [3.8, 4) is 5.88 Å². The van der Waals surface area contributed by atoms with Crippen molar-refractivity contribution in [2.24, 2.45) is 7.05 Å². The van der Waals surface area contributed by atoms with E-state index in [1.807, 2.05) is 0 Å². The Labute approximate surface area is 96.8 Å². The zero-order chi connectivity index (χ0) is 12.3. The quantitative estimate of drug-likeness (QED) is 0.588. The van der Waals surface area contributed by atoms with Gasteiger partial charge in [0, 0.05) is 12.3 Å². The molecule has 7 heteroatoms. The number of imidazole rings is 1. The van der Waals surface area contributed by atoms with E-state index in [0.29, 0.717) is 11.7 Å². The molecule has 0 aliphatic rings. The lowest BCUT2D eigenvalue weighted by Gasteiger charge is -2.02. The molecule has 0 aliphatic carbocycles. The Hall–Kier alpha value is -2.44. The molecule has 0 spiro atoms. The maximum Gasteiger partial charge on any atom is 0.342 e. The van der Waals surface area contributed by atoms with Crippen LogP contribution in [0.4, 0.5) is 5.82 Å². The third kappa shape index (κ3) is 2.39. The largest absolute Gasteiger partial charge is 0.467 e. The number of nitro groups is 1. The molecule has 2 heterocycles. The molecule has 0 aromatic carbocycles. The molecule has 17 heavy (non-hydrogen) atoms. The van der Waals surface area contributed by atoms with Crippen LogP contribution in [-0.4, -0.2) is 19.5 Å². The van der Waals surface area contributed by atoms with E-state index in [-0.39, 0.29) is 12.4 Å². The molecule has 0 N–H and O–H groups in total. The van der Waals surface area contributed by atoms with E-state index in [1.165, 1.54) is 10.8 Å². The first-order valence-corrected chi connectivity index (χ1v) is 4.87. The van der Waals surface area contributed by atoms with Gasteiger partial charge in [-0.05, 0) is 11.0 Å². The van der Waals surface area contributed by atoms with Gasteiger partial charge in [0.25, 0.3) is 0 Å². The molecule has 0 radical (unpaired) electrons. The van der Waals surface area contributed by atoms with Crippen LogP contribution in [0, 0.1) is 10.1 Å². The predicted molar refractivity (Wildman–Crippen MR) is 58.4 cm³/mol. The fourth-order valence-corrected chi connectivity index (χ4v) is 1.31. The third-order valence-corrected chi connectivity index (χ3v) is 2.23. The summed E-state index contributed by atoms with van der Waals surface area (Å²) in [7, 11) is 1.57. The van der Waals surface area contributed by atoms with E-state index < -0.39 is 4.92 Å². The van der Waals surface area contributed by atoms with Crippen molar-refractivity contribution in [2.45, 2.75) is 6.61 Å². The molecule has 7 nitrogen and oxygen atoms in total. The highest BCUT2D eigenvalue weighted by molar-refractivity contribution is 5.18. The molecule has 0 bridgehead atoms. The Kier molecular flexibility index (Phi) is 2.99. The maximum atomic E-state index is 10.6. The van der Waals surface area contributed by atoms with Gasteiger partial charge in [-0.25, -0.2) is 14.5 Å². The van der Waals surface area contributed by atoms with Gasteiger partial charge in [-0.15, -0.1) is 0 Å². The summed E-state index contributed by atoms with van der Waals surface area (Å²) in [5, 5.41) is 10.6. The molecule has 88 valence electrons. The number of rotatable bonds is 4. The van der Waals surface area contributed by atoms with Crippen molar-refractivity contribution in [3.63, 3.8) is 0 Å². The van der Waals surface area contributed by atoms with Crippen molar-refractivity contribution in [2.75, 3.05) is 0 Å². The fraction of sp³-hybridized carbons (Fsp3) is 0.200. The first-order chi connectivity index (χ1) is 8.18. The maximum absolute atomic E-state index is 10.6. The second-order valence-corrected chi connectivity index (χ2v) is 3.31. The number of nitrogens with zero attached hydrogens (tertiary/aromatic N) is 4. The molecule has 0 unspecified atom stereocenters. The van der Waals surface area contributed by atoms with Crippen molar-refractivity contribution < 1.29 is 9.66 Å². The molecule has 0 aliphatic heterocycles. The SMILES string of the molecule is Cn1c([N+](=O)[O-])cnc1COc1ccccn1. The molecule has 0 saturated carbocycles. The molecule has 2 aromatic rings. The average molecular weight is 234 g/mol. The Morgan fingerprint density at radius 2 is 2.29 bits per heavy atom. The van der Waals surface area contributed by atoms with Crippen molar-refractivity contribution >= 4 is 5.82 Å². The van der Waals surface area contributed by atoms with Crippen LogP contribution in [-0.2, 0) is 13.7 Å². The van der Waals surface area contributed by atoms with Gasteiger partial charge in [-0.3, -0.25) is 0 Å². The molecule has 0 saturated heterocycles. The van der Waals surface area contributed by atoms with E-state index in [4.69, 9.17) is 4.74 Å². The fourth-order valence-electron chi connectivity index (χ4n) is 1.31. The molecule has 2 rings (SSSR count). The minimum atomic E-state index is -0.489. The van der Waals surface area contributed by atoms with Crippen molar-refractivity contribution in [3.05, 3.63) is 46.5 Å². The Bertz CT molecular complexity index is 524. The van der Waals surface area contributed by atoms with Crippen LogP contribution in [0.25, 0.3) is 0 Å². The highest BCUT2D eigenvalue weighted by Gasteiger charge is 2.16. The Balaban J connectivity index is 2.07. The highest BCUT2D eigenvalue weighted by atomic mass is 16.6. The number of aromatic nitrogens is 3. The minimum absolute atomic E-state index is 0.0652. The zero-order valence-corrected chi connectivity index (χ0v) is 9.11. The van der Waals surface area contributed by atoms with Crippen LogP contribution < -0.4 is 4.74 Å². The molecular formula is C10H10N4O3. The van der Waals surface area contributed by atoms with Crippen molar-refractivity contribution in [1.29, 1.82) is 0 Å². The van der Waals surface area contributed by atoms with E-state index in [1.54, 1.807) is 31.4 Å². The standard InChI is InChI=1S/C10H10N4O3/c1-13-8(12-6-10(13)14(15)16)7-17-9-4-2-3-5-11-9/h2-6H,7H2,1H3. The van der Waals surface area contributed by atoms with Gasteiger partial charge in [0.15, 0.2) is 6.61 Å². The predicted octanol–water partition coefficient (Wildman–Crippen LogP) is 1.30. The summed E-state index contributed by atoms with van der Waals surface area (Å²) in [4.78, 5) is 18.0. The average Bonchev–Trinajstić information content (AvgIpc) is 2.69. The minimum Gasteiger partial charge on any atom is -0.467 e. The van der Waals surface area contributed by atoms with E-state index >= 15 is 0 Å². The van der Waals surface area contributed by atoms with E-state index in [2.05, 4.69) is 9.97 Å². The summed E-state index contributed by atoms with van der Waals surface area (Å²) in [6.45, 7) is 0.140. The second-order valence-electron chi connectivity index (χ2n) is 3.31. The van der Waals surface area contributed by atoms with Gasteiger partial charge in [0.1, 0.15) is 6.20 Å². The number of pyridine rings is 1. The van der Waals surface area contributed by atoms with E-state index in [0.717, 1.165) is 0 Å². The van der Waals surface area contributed by atoms with Gasteiger partial charge in [0.2, 0.25) is 11.7 Å². The molecular weight excluding hydrogens is 224 g/mol. The summed E-state index contributed by atoms with van der Waals surface area (Å²) in [5.74, 6) is 0.866. The third-order valence-electron chi connectivity index (χ3n) is 2.23. The van der Waals surface area contributed by atoms with Gasteiger partial charge in [-0.2, -0.15) is 0 Å². The van der Waals surface area contributed by atoms with Gasteiger partial charge >= 0.3 is 5.82 Å². The molecule has 0 atom stereocenters. The molecule has 0 fully saturated rings. The van der Waals surface area contributed by atoms with Crippen molar-refractivity contribution in [1.82, 2.24) is 14.5 Å². The summed E-state index contributed by atoms with van der Waals surface area (Å²) < 4.78 is 6.73. The second kappa shape index (κ2) is 4.60. The summed E-state index contributed by atoms with van der Waals surface area (Å²) in [6.07, 6.45) is 2.81. The molecule has 0 amide bonds. The van der Waals surface area contributed by atoms with E-state index in [9.17, 15) is 10.1 Å². The smallest absolute Gasteiger partial charge is 0.342 e. The summed E-state index contributed by atoms with van der Waals surface area (Å²) >= 11 is 0. The van der Waals surface area contributed by atoms with Crippen LogP contribution in [0.5, 0.6) is 5.88 Å². The van der Waals surface area contributed by atoms with Crippen LogP contribution >= 0.6 is 0 Å². The lowest BCUT2D eigenvalue weighted by atomic mass is 10.5. The topological polar surface area (TPSA) is 83.1 Å². The Morgan fingerprint density at radius 1 is 1.47 bits per heavy atom. The van der Waals surface area contributed by atoms with Crippen LogP contribution in [0.1, 0.15) is 5.82 Å². The van der Waals surface area contributed by atoms with Gasteiger partial charge < -0.3 is 14.9 Å². The lowest BCUT2D eigenvalue weighted by molar-refractivity contribution is -0.391. The van der Waals surface area contributed by atoms with Crippen LogP contribution in [0.15, 0.2) is 30.6 Å². The lowest BCUT2D eigenvalue weighted by Crippen LogP contribution is -2.06.